The second-order valence-electron chi connectivity index (χ2n) is 6.72. The number of hydrogen-bond acceptors (Lipinski definition) is 3. The number of carbonyl (C=O) groups excluding carboxylic acids is 2. The van der Waals surface area contributed by atoms with Gasteiger partial charge in [-0.15, -0.1) is 0 Å². The van der Waals surface area contributed by atoms with Gasteiger partial charge in [-0.1, -0.05) is 49.4 Å². The second kappa shape index (κ2) is 9.69. The van der Waals surface area contributed by atoms with E-state index >= 15 is 0 Å². The van der Waals surface area contributed by atoms with Crippen molar-refractivity contribution in [3.8, 4) is 0 Å². The summed E-state index contributed by atoms with van der Waals surface area (Å²) in [6, 6.07) is 17.6. The Morgan fingerprint density at radius 2 is 1.71 bits per heavy atom. The number of rotatable bonds is 9. The van der Waals surface area contributed by atoms with Gasteiger partial charge in [0.1, 0.15) is 12.4 Å². The zero-order valence-electron chi connectivity index (χ0n) is 16.1. The normalized spacial score (nSPS) is 10.8. The summed E-state index contributed by atoms with van der Waals surface area (Å²) in [5, 5.41) is 5.87. The van der Waals surface area contributed by atoms with Crippen LogP contribution < -0.4 is 10.6 Å². The SMILES string of the molecule is CCCC(=O)NCCc1nc2ccccc2n1CC(=O)NCc1ccccc1. The molecule has 0 aliphatic rings. The first-order valence-corrected chi connectivity index (χ1v) is 9.69. The third-order valence-electron chi connectivity index (χ3n) is 4.52. The van der Waals surface area contributed by atoms with Crippen molar-refractivity contribution in [2.24, 2.45) is 0 Å². The number of para-hydroxylation sites is 2. The zero-order valence-corrected chi connectivity index (χ0v) is 16.1. The molecule has 0 spiro atoms. The van der Waals surface area contributed by atoms with Gasteiger partial charge in [0, 0.05) is 25.9 Å². The van der Waals surface area contributed by atoms with E-state index < -0.39 is 0 Å². The summed E-state index contributed by atoms with van der Waals surface area (Å²) < 4.78 is 1.93. The van der Waals surface area contributed by atoms with Crippen molar-refractivity contribution in [2.45, 2.75) is 39.3 Å². The molecule has 1 aromatic heterocycles. The molecular formula is C22H26N4O2. The first kappa shape index (κ1) is 19.6. The van der Waals surface area contributed by atoms with Gasteiger partial charge < -0.3 is 15.2 Å². The topological polar surface area (TPSA) is 76.0 Å². The molecule has 146 valence electrons. The van der Waals surface area contributed by atoms with Gasteiger partial charge in [0.15, 0.2) is 0 Å². The third kappa shape index (κ3) is 5.19. The molecule has 0 atom stereocenters. The van der Waals surface area contributed by atoms with Gasteiger partial charge in [0.25, 0.3) is 0 Å². The van der Waals surface area contributed by atoms with E-state index in [1.54, 1.807) is 0 Å². The third-order valence-corrected chi connectivity index (χ3v) is 4.52. The molecule has 3 aromatic rings. The maximum absolute atomic E-state index is 12.5. The molecule has 28 heavy (non-hydrogen) atoms. The Kier molecular flexibility index (Phi) is 6.78. The second-order valence-corrected chi connectivity index (χ2v) is 6.72. The molecule has 0 radical (unpaired) electrons. The molecule has 0 aliphatic carbocycles. The van der Waals surface area contributed by atoms with Crippen LogP contribution in [0.15, 0.2) is 54.6 Å². The van der Waals surface area contributed by atoms with E-state index in [-0.39, 0.29) is 18.4 Å². The lowest BCUT2D eigenvalue weighted by Gasteiger charge is -2.11. The minimum Gasteiger partial charge on any atom is -0.356 e. The van der Waals surface area contributed by atoms with Crippen LogP contribution in [0.4, 0.5) is 0 Å². The van der Waals surface area contributed by atoms with Crippen LogP contribution in [-0.2, 0) is 29.1 Å². The first-order chi connectivity index (χ1) is 13.7. The summed E-state index contributed by atoms with van der Waals surface area (Å²) >= 11 is 0. The van der Waals surface area contributed by atoms with Crippen molar-refractivity contribution in [3.63, 3.8) is 0 Å². The summed E-state index contributed by atoms with van der Waals surface area (Å²) in [6.07, 6.45) is 1.93. The first-order valence-electron chi connectivity index (χ1n) is 9.69. The maximum Gasteiger partial charge on any atom is 0.240 e. The molecule has 0 saturated carbocycles. The minimum atomic E-state index is -0.0664. The fourth-order valence-electron chi connectivity index (χ4n) is 3.12. The fourth-order valence-corrected chi connectivity index (χ4v) is 3.12. The van der Waals surface area contributed by atoms with Crippen LogP contribution in [0.25, 0.3) is 11.0 Å². The Bertz CT molecular complexity index is 934. The average Bonchev–Trinajstić information content (AvgIpc) is 3.05. The molecule has 0 fully saturated rings. The van der Waals surface area contributed by atoms with Crippen LogP contribution in [0.2, 0.25) is 0 Å². The van der Waals surface area contributed by atoms with Crippen molar-refractivity contribution in [3.05, 3.63) is 66.0 Å². The predicted molar refractivity (Wildman–Crippen MR) is 110 cm³/mol. The van der Waals surface area contributed by atoms with Crippen molar-refractivity contribution in [1.29, 1.82) is 0 Å². The molecule has 1 heterocycles. The highest BCUT2D eigenvalue weighted by Crippen LogP contribution is 2.16. The molecule has 2 N–H and O–H groups in total. The Morgan fingerprint density at radius 3 is 2.50 bits per heavy atom. The molecule has 2 aromatic carbocycles. The fraction of sp³-hybridized carbons (Fsp3) is 0.318. The van der Waals surface area contributed by atoms with Gasteiger partial charge in [-0.2, -0.15) is 0 Å². The molecule has 0 saturated heterocycles. The summed E-state index contributed by atoms with van der Waals surface area (Å²) in [5.41, 5.74) is 2.84. The lowest BCUT2D eigenvalue weighted by atomic mass is 10.2. The summed E-state index contributed by atoms with van der Waals surface area (Å²) in [4.78, 5) is 28.9. The Labute approximate surface area is 165 Å². The standard InChI is InChI=1S/C22H26N4O2/c1-2-8-21(27)23-14-13-20-25-18-11-6-7-12-19(18)26(20)16-22(28)24-15-17-9-4-3-5-10-17/h3-7,9-12H,2,8,13-16H2,1H3,(H,23,27)(H,24,28). The Hall–Kier alpha value is -3.15. The van der Waals surface area contributed by atoms with Gasteiger partial charge in [-0.25, -0.2) is 4.98 Å². The molecule has 6 nitrogen and oxygen atoms in total. The van der Waals surface area contributed by atoms with Gasteiger partial charge in [-0.3, -0.25) is 9.59 Å². The average molecular weight is 378 g/mol. The number of fused-ring (bicyclic) bond motifs is 1. The predicted octanol–water partition coefficient (Wildman–Crippen LogP) is 2.81. The largest absolute Gasteiger partial charge is 0.356 e. The lowest BCUT2D eigenvalue weighted by molar-refractivity contribution is -0.122. The van der Waals surface area contributed by atoms with Crippen LogP contribution in [0.3, 0.4) is 0 Å². The zero-order chi connectivity index (χ0) is 19.8. The highest BCUT2D eigenvalue weighted by Gasteiger charge is 2.13. The van der Waals surface area contributed by atoms with Crippen LogP contribution >= 0.6 is 0 Å². The quantitative estimate of drug-likeness (QED) is 0.601. The highest BCUT2D eigenvalue weighted by molar-refractivity contribution is 5.81. The minimum absolute atomic E-state index is 0.0470. The number of nitrogens with zero attached hydrogens (tertiary/aromatic N) is 2. The number of hydrogen-bond donors (Lipinski definition) is 2. The summed E-state index contributed by atoms with van der Waals surface area (Å²) in [6.45, 7) is 3.18. The number of benzene rings is 2. The molecule has 2 amide bonds. The van der Waals surface area contributed by atoms with E-state index in [9.17, 15) is 9.59 Å². The molecule has 3 rings (SSSR count). The monoisotopic (exact) mass is 378 g/mol. The number of amides is 2. The Balaban J connectivity index is 1.67. The Morgan fingerprint density at radius 1 is 0.964 bits per heavy atom. The molecule has 6 heteroatoms. The molecule has 0 bridgehead atoms. The van der Waals surface area contributed by atoms with Crippen molar-refractivity contribution < 1.29 is 9.59 Å². The maximum atomic E-state index is 12.5. The molecule has 0 unspecified atom stereocenters. The molecule has 0 aliphatic heterocycles. The number of aromatic nitrogens is 2. The van der Waals surface area contributed by atoms with E-state index in [0.717, 1.165) is 28.8 Å². The highest BCUT2D eigenvalue weighted by atomic mass is 16.2. The van der Waals surface area contributed by atoms with E-state index in [0.29, 0.717) is 25.9 Å². The van der Waals surface area contributed by atoms with Crippen molar-refractivity contribution in [2.75, 3.05) is 6.54 Å². The lowest BCUT2D eigenvalue weighted by Crippen LogP contribution is -2.29. The van der Waals surface area contributed by atoms with Gasteiger partial charge in [0.2, 0.25) is 11.8 Å². The van der Waals surface area contributed by atoms with Crippen LogP contribution in [0.1, 0.15) is 31.2 Å². The number of carbonyl (C=O) groups is 2. The molecular weight excluding hydrogens is 352 g/mol. The van der Waals surface area contributed by atoms with Crippen LogP contribution in [-0.4, -0.2) is 27.9 Å². The number of imidazole rings is 1. The van der Waals surface area contributed by atoms with Gasteiger partial charge in [0.05, 0.1) is 11.0 Å². The van der Waals surface area contributed by atoms with E-state index in [4.69, 9.17) is 0 Å². The van der Waals surface area contributed by atoms with Gasteiger partial charge in [-0.05, 0) is 24.1 Å². The van der Waals surface area contributed by atoms with Crippen molar-refractivity contribution >= 4 is 22.8 Å². The summed E-state index contributed by atoms with van der Waals surface area (Å²) in [7, 11) is 0. The number of nitrogens with one attached hydrogen (secondary N) is 2. The van der Waals surface area contributed by atoms with E-state index in [1.807, 2.05) is 66.1 Å². The van der Waals surface area contributed by atoms with Crippen LogP contribution in [0.5, 0.6) is 0 Å². The van der Waals surface area contributed by atoms with Crippen LogP contribution in [0, 0.1) is 0 Å². The summed E-state index contributed by atoms with van der Waals surface area (Å²) in [5.74, 6) is 0.780. The van der Waals surface area contributed by atoms with Gasteiger partial charge >= 0.3 is 0 Å². The smallest absolute Gasteiger partial charge is 0.240 e. The van der Waals surface area contributed by atoms with E-state index in [1.165, 1.54) is 0 Å². The van der Waals surface area contributed by atoms with E-state index in [2.05, 4.69) is 15.6 Å². The van der Waals surface area contributed by atoms with Crippen molar-refractivity contribution in [1.82, 2.24) is 20.2 Å².